The molecule has 4 nitrogen and oxygen atoms in total. The molecule has 1 aliphatic rings. The molecule has 18 heavy (non-hydrogen) atoms. The van der Waals surface area contributed by atoms with Crippen LogP contribution in [0.5, 0.6) is 0 Å². The van der Waals surface area contributed by atoms with Gasteiger partial charge in [-0.05, 0) is 30.5 Å². The normalized spacial score (nSPS) is 25.1. The second-order valence-electron chi connectivity index (χ2n) is 5.08. The maximum Gasteiger partial charge on any atom is 0.125 e. The van der Waals surface area contributed by atoms with Gasteiger partial charge in [0.25, 0.3) is 0 Å². The van der Waals surface area contributed by atoms with Crippen LogP contribution in [-0.2, 0) is 11.3 Å². The van der Waals surface area contributed by atoms with Crippen LogP contribution in [0.15, 0.2) is 18.3 Å². The van der Waals surface area contributed by atoms with Crippen LogP contribution in [0.4, 0.5) is 5.82 Å². The third-order valence-electron chi connectivity index (χ3n) is 3.76. The first-order valence-corrected chi connectivity index (χ1v) is 6.60. The van der Waals surface area contributed by atoms with E-state index < -0.39 is 0 Å². The van der Waals surface area contributed by atoms with E-state index in [1.165, 1.54) is 12.0 Å². The van der Waals surface area contributed by atoms with E-state index in [4.69, 9.17) is 4.74 Å². The number of ether oxygens (including phenoxy) is 1. The van der Waals surface area contributed by atoms with E-state index >= 15 is 0 Å². The topological polar surface area (TPSA) is 37.4 Å². The summed E-state index contributed by atoms with van der Waals surface area (Å²) < 4.78 is 5.54. The highest BCUT2D eigenvalue weighted by Crippen LogP contribution is 2.21. The summed E-state index contributed by atoms with van der Waals surface area (Å²) in [7, 11) is 3.70. The fraction of sp³-hybridized carbons (Fsp3) is 0.643. The zero-order valence-electron chi connectivity index (χ0n) is 11.5. The molecule has 2 atom stereocenters. The van der Waals surface area contributed by atoms with Crippen molar-refractivity contribution in [3.8, 4) is 0 Å². The molecule has 1 aromatic heterocycles. The van der Waals surface area contributed by atoms with Gasteiger partial charge in [0.1, 0.15) is 5.82 Å². The predicted octanol–water partition coefficient (Wildman–Crippen LogP) is 1.98. The van der Waals surface area contributed by atoms with E-state index in [1.807, 2.05) is 26.4 Å². The van der Waals surface area contributed by atoms with Gasteiger partial charge < -0.3 is 10.1 Å². The summed E-state index contributed by atoms with van der Waals surface area (Å²) in [6.45, 7) is 5.40. The quantitative estimate of drug-likeness (QED) is 0.885. The van der Waals surface area contributed by atoms with Crippen molar-refractivity contribution in [3.63, 3.8) is 0 Å². The van der Waals surface area contributed by atoms with Gasteiger partial charge >= 0.3 is 0 Å². The average Bonchev–Trinajstić information content (AvgIpc) is 2.42. The smallest absolute Gasteiger partial charge is 0.125 e. The Balaban J connectivity index is 1.92. The molecule has 4 heteroatoms. The number of pyridine rings is 1. The maximum absolute atomic E-state index is 5.54. The second-order valence-corrected chi connectivity index (χ2v) is 5.08. The summed E-state index contributed by atoms with van der Waals surface area (Å²) >= 11 is 0. The van der Waals surface area contributed by atoms with E-state index in [-0.39, 0.29) is 0 Å². The molecule has 1 saturated heterocycles. The minimum Gasteiger partial charge on any atom is -0.380 e. The molecule has 0 radical (unpaired) electrons. The van der Waals surface area contributed by atoms with Crippen molar-refractivity contribution in [1.29, 1.82) is 0 Å². The van der Waals surface area contributed by atoms with Crippen LogP contribution in [0.3, 0.4) is 0 Å². The molecule has 1 fully saturated rings. The molecule has 0 amide bonds. The Bertz CT molecular complexity index is 366. The molecule has 100 valence electrons. The van der Waals surface area contributed by atoms with Crippen LogP contribution in [-0.4, -0.2) is 43.2 Å². The van der Waals surface area contributed by atoms with Crippen molar-refractivity contribution in [3.05, 3.63) is 23.9 Å². The number of anilines is 1. The lowest BCUT2D eigenvalue weighted by molar-refractivity contribution is -0.00747. The molecule has 0 bridgehead atoms. The van der Waals surface area contributed by atoms with Gasteiger partial charge in [0, 0.05) is 33.4 Å². The number of piperidine rings is 1. The lowest BCUT2D eigenvalue weighted by Crippen LogP contribution is -2.43. The standard InChI is InChI=1S/C14H23N3O/c1-11-6-7-17(10-13(11)18-3)9-12-4-5-14(15-2)16-8-12/h4-5,8,11,13H,6-7,9-10H2,1-3H3,(H,15,16). The van der Waals surface area contributed by atoms with Crippen molar-refractivity contribution in [1.82, 2.24) is 9.88 Å². The Labute approximate surface area is 109 Å². The predicted molar refractivity (Wildman–Crippen MR) is 73.6 cm³/mol. The van der Waals surface area contributed by atoms with Gasteiger partial charge in [-0.3, -0.25) is 4.90 Å². The summed E-state index contributed by atoms with van der Waals surface area (Å²) in [5, 5.41) is 3.04. The molecule has 0 spiro atoms. The monoisotopic (exact) mass is 249 g/mol. The summed E-state index contributed by atoms with van der Waals surface area (Å²) in [6.07, 6.45) is 3.52. The van der Waals surface area contributed by atoms with Gasteiger partial charge in [-0.15, -0.1) is 0 Å². The lowest BCUT2D eigenvalue weighted by atomic mass is 9.95. The largest absolute Gasteiger partial charge is 0.380 e. The van der Waals surface area contributed by atoms with Crippen molar-refractivity contribution in [2.45, 2.75) is 26.0 Å². The minimum atomic E-state index is 0.364. The van der Waals surface area contributed by atoms with Crippen molar-refractivity contribution >= 4 is 5.82 Å². The van der Waals surface area contributed by atoms with E-state index in [9.17, 15) is 0 Å². The number of methoxy groups -OCH3 is 1. The zero-order chi connectivity index (χ0) is 13.0. The van der Waals surface area contributed by atoms with Gasteiger partial charge in [-0.1, -0.05) is 13.0 Å². The molecule has 1 N–H and O–H groups in total. The van der Waals surface area contributed by atoms with Gasteiger partial charge in [-0.2, -0.15) is 0 Å². The van der Waals surface area contributed by atoms with Gasteiger partial charge in [0.15, 0.2) is 0 Å². The van der Waals surface area contributed by atoms with Gasteiger partial charge in [0.05, 0.1) is 6.10 Å². The van der Waals surface area contributed by atoms with E-state index in [0.29, 0.717) is 12.0 Å². The molecule has 2 rings (SSSR count). The summed E-state index contributed by atoms with van der Waals surface area (Å²) in [5.74, 6) is 1.58. The summed E-state index contributed by atoms with van der Waals surface area (Å²) in [6, 6.07) is 4.16. The average molecular weight is 249 g/mol. The van der Waals surface area contributed by atoms with Crippen LogP contribution in [0, 0.1) is 5.92 Å². The number of likely N-dealkylation sites (tertiary alicyclic amines) is 1. The van der Waals surface area contributed by atoms with Crippen molar-refractivity contribution in [2.75, 3.05) is 32.6 Å². The fourth-order valence-electron chi connectivity index (χ4n) is 2.47. The molecular weight excluding hydrogens is 226 g/mol. The van der Waals surface area contributed by atoms with Crippen molar-refractivity contribution < 1.29 is 4.74 Å². The number of hydrogen-bond donors (Lipinski definition) is 1. The number of aromatic nitrogens is 1. The van der Waals surface area contributed by atoms with Crippen LogP contribution in [0.25, 0.3) is 0 Å². The highest BCUT2D eigenvalue weighted by atomic mass is 16.5. The third-order valence-corrected chi connectivity index (χ3v) is 3.76. The van der Waals surface area contributed by atoms with Crippen LogP contribution < -0.4 is 5.32 Å². The third kappa shape index (κ3) is 3.21. The fourth-order valence-corrected chi connectivity index (χ4v) is 2.47. The first kappa shape index (κ1) is 13.3. The number of nitrogens with one attached hydrogen (secondary N) is 1. The summed E-state index contributed by atoms with van der Waals surface area (Å²) in [5.41, 5.74) is 1.26. The lowest BCUT2D eigenvalue weighted by Gasteiger charge is -2.36. The molecular formula is C14H23N3O. The molecule has 0 saturated carbocycles. The first-order valence-electron chi connectivity index (χ1n) is 6.60. The molecule has 1 aliphatic heterocycles. The van der Waals surface area contributed by atoms with E-state index in [1.54, 1.807) is 0 Å². The Morgan fingerprint density at radius 1 is 1.50 bits per heavy atom. The summed E-state index contributed by atoms with van der Waals surface area (Å²) in [4.78, 5) is 6.80. The van der Waals surface area contributed by atoms with Crippen LogP contribution in [0.2, 0.25) is 0 Å². The molecule has 0 aliphatic carbocycles. The highest BCUT2D eigenvalue weighted by molar-refractivity contribution is 5.34. The zero-order valence-corrected chi connectivity index (χ0v) is 11.5. The van der Waals surface area contributed by atoms with E-state index in [0.717, 1.165) is 25.5 Å². The minimum absolute atomic E-state index is 0.364. The van der Waals surface area contributed by atoms with Crippen LogP contribution >= 0.6 is 0 Å². The SMILES string of the molecule is CNc1ccc(CN2CCC(C)C(OC)C2)cn1. The number of hydrogen-bond acceptors (Lipinski definition) is 4. The maximum atomic E-state index is 5.54. The van der Waals surface area contributed by atoms with E-state index in [2.05, 4.69) is 28.2 Å². The Hall–Kier alpha value is -1.13. The van der Waals surface area contributed by atoms with Gasteiger partial charge in [0.2, 0.25) is 0 Å². The Kier molecular flexibility index (Phi) is 4.55. The molecule has 2 unspecified atom stereocenters. The molecule has 1 aromatic rings. The van der Waals surface area contributed by atoms with Crippen LogP contribution in [0.1, 0.15) is 18.9 Å². The molecule has 0 aromatic carbocycles. The first-order chi connectivity index (χ1) is 8.72. The van der Waals surface area contributed by atoms with Crippen molar-refractivity contribution in [2.24, 2.45) is 5.92 Å². The second kappa shape index (κ2) is 6.16. The molecule has 2 heterocycles. The van der Waals surface area contributed by atoms with Gasteiger partial charge in [-0.25, -0.2) is 4.98 Å². The number of nitrogens with zero attached hydrogens (tertiary/aromatic N) is 2. The number of rotatable bonds is 4. The Morgan fingerprint density at radius 2 is 2.33 bits per heavy atom. The highest BCUT2D eigenvalue weighted by Gasteiger charge is 2.25. The Morgan fingerprint density at radius 3 is 2.94 bits per heavy atom.